The lowest BCUT2D eigenvalue weighted by molar-refractivity contribution is -0.0765. The molecule has 1 N–H and O–H groups in total. The van der Waals surface area contributed by atoms with Crippen LogP contribution in [-0.4, -0.2) is 28.8 Å². The van der Waals surface area contributed by atoms with E-state index in [4.69, 9.17) is 4.74 Å². The van der Waals surface area contributed by atoms with E-state index in [1.165, 1.54) is 19.2 Å². The lowest BCUT2D eigenvalue weighted by Crippen LogP contribution is -2.43. The molecular weight excluding hydrogens is 383 g/mol. The molecule has 0 saturated carbocycles. The highest BCUT2D eigenvalue weighted by Gasteiger charge is 2.46. The number of aryl methyl sites for hydroxylation is 1. The SMILES string of the molecule is COc1ccc(C(=O)N2N=C(c3ccccc3)CC2(O)c2ccc(C)cc2)cc1F. The fourth-order valence-electron chi connectivity index (χ4n) is 3.52. The van der Waals surface area contributed by atoms with Gasteiger partial charge in [-0.05, 0) is 30.7 Å². The topological polar surface area (TPSA) is 62.1 Å². The summed E-state index contributed by atoms with van der Waals surface area (Å²) in [7, 11) is 1.35. The van der Waals surface area contributed by atoms with E-state index in [0.29, 0.717) is 11.3 Å². The minimum Gasteiger partial charge on any atom is -0.494 e. The first-order valence-corrected chi connectivity index (χ1v) is 9.53. The predicted molar refractivity (Wildman–Crippen MR) is 112 cm³/mol. The number of ether oxygens (including phenoxy) is 1. The third-order valence-corrected chi connectivity index (χ3v) is 5.20. The standard InChI is InChI=1S/C24H21FN2O3/c1-16-8-11-19(12-9-16)24(29)15-21(17-6-4-3-5-7-17)26-27(24)23(28)18-10-13-22(30-2)20(25)14-18/h3-14,29H,15H2,1-2H3. The van der Waals surface area contributed by atoms with Gasteiger partial charge in [0.25, 0.3) is 5.91 Å². The average molecular weight is 404 g/mol. The Bertz CT molecular complexity index is 1110. The molecule has 1 heterocycles. The second-order valence-corrected chi connectivity index (χ2v) is 7.24. The third-order valence-electron chi connectivity index (χ3n) is 5.20. The highest BCUT2D eigenvalue weighted by molar-refractivity contribution is 6.05. The smallest absolute Gasteiger partial charge is 0.277 e. The van der Waals surface area contributed by atoms with Crippen LogP contribution in [0.1, 0.15) is 33.5 Å². The zero-order chi connectivity index (χ0) is 21.3. The second kappa shape index (κ2) is 7.72. The highest BCUT2D eigenvalue weighted by Crippen LogP contribution is 2.38. The fourth-order valence-corrected chi connectivity index (χ4v) is 3.52. The molecule has 0 bridgehead atoms. The van der Waals surface area contributed by atoms with Crippen molar-refractivity contribution in [3.05, 3.63) is 101 Å². The van der Waals surface area contributed by atoms with Crippen LogP contribution in [0.25, 0.3) is 0 Å². The Hall–Kier alpha value is -3.51. The maximum atomic E-state index is 14.2. The summed E-state index contributed by atoms with van der Waals surface area (Å²) in [6.45, 7) is 1.94. The number of amides is 1. The zero-order valence-corrected chi connectivity index (χ0v) is 16.7. The van der Waals surface area contributed by atoms with Crippen molar-refractivity contribution in [2.75, 3.05) is 7.11 Å². The molecule has 5 nitrogen and oxygen atoms in total. The number of benzene rings is 3. The zero-order valence-electron chi connectivity index (χ0n) is 16.7. The van der Waals surface area contributed by atoms with Crippen LogP contribution in [0.3, 0.4) is 0 Å². The Morgan fingerprint density at radius 2 is 1.80 bits per heavy atom. The molecule has 0 aromatic heterocycles. The Labute approximate surface area is 174 Å². The summed E-state index contributed by atoms with van der Waals surface area (Å²) in [5.41, 5.74) is 1.31. The molecule has 1 unspecified atom stereocenters. The normalized spacial score (nSPS) is 18.3. The minimum atomic E-state index is -1.69. The molecule has 30 heavy (non-hydrogen) atoms. The van der Waals surface area contributed by atoms with Crippen molar-refractivity contribution in [1.82, 2.24) is 5.01 Å². The summed E-state index contributed by atoms with van der Waals surface area (Å²) in [4.78, 5) is 13.3. The molecular formula is C24H21FN2O3. The largest absolute Gasteiger partial charge is 0.494 e. The average Bonchev–Trinajstić information content (AvgIpc) is 3.13. The van der Waals surface area contributed by atoms with Crippen LogP contribution < -0.4 is 4.74 Å². The molecule has 0 fully saturated rings. The highest BCUT2D eigenvalue weighted by atomic mass is 19.1. The number of hydrazone groups is 1. The third kappa shape index (κ3) is 3.46. The van der Waals surface area contributed by atoms with Gasteiger partial charge in [-0.1, -0.05) is 60.2 Å². The van der Waals surface area contributed by atoms with Crippen LogP contribution in [0.2, 0.25) is 0 Å². The Morgan fingerprint density at radius 3 is 2.43 bits per heavy atom. The number of hydrogen-bond donors (Lipinski definition) is 1. The fraction of sp³-hybridized carbons (Fsp3) is 0.167. The molecule has 4 rings (SSSR count). The molecule has 1 atom stereocenters. The number of rotatable bonds is 4. The quantitative estimate of drug-likeness (QED) is 0.708. The first-order valence-electron chi connectivity index (χ1n) is 9.53. The minimum absolute atomic E-state index is 0.0373. The van der Waals surface area contributed by atoms with Crippen LogP contribution in [0.5, 0.6) is 5.75 Å². The summed E-state index contributed by atoms with van der Waals surface area (Å²) < 4.78 is 19.1. The first kappa shape index (κ1) is 19.8. The maximum absolute atomic E-state index is 14.2. The van der Waals surface area contributed by atoms with E-state index in [0.717, 1.165) is 22.2 Å². The molecule has 152 valence electrons. The summed E-state index contributed by atoms with van der Waals surface area (Å²) in [5.74, 6) is -1.23. The van der Waals surface area contributed by atoms with Crippen LogP contribution in [-0.2, 0) is 5.72 Å². The molecule has 0 saturated heterocycles. The predicted octanol–water partition coefficient (Wildman–Crippen LogP) is 4.24. The number of carbonyl (C=O) groups is 1. The number of aliphatic hydroxyl groups is 1. The van der Waals surface area contributed by atoms with Gasteiger partial charge in [0.1, 0.15) is 0 Å². The van der Waals surface area contributed by atoms with Crippen molar-refractivity contribution in [3.8, 4) is 5.75 Å². The van der Waals surface area contributed by atoms with Crippen molar-refractivity contribution < 1.29 is 19.0 Å². The number of halogens is 1. The van der Waals surface area contributed by atoms with Crippen molar-refractivity contribution in [2.24, 2.45) is 5.10 Å². The van der Waals surface area contributed by atoms with Gasteiger partial charge in [-0.2, -0.15) is 10.1 Å². The van der Waals surface area contributed by atoms with Gasteiger partial charge in [0, 0.05) is 17.5 Å². The van der Waals surface area contributed by atoms with E-state index in [-0.39, 0.29) is 17.7 Å². The number of methoxy groups -OCH3 is 1. The Balaban J connectivity index is 1.79. The molecule has 1 amide bonds. The first-order chi connectivity index (χ1) is 14.4. The number of carbonyl (C=O) groups excluding carboxylic acids is 1. The van der Waals surface area contributed by atoms with Crippen LogP contribution >= 0.6 is 0 Å². The van der Waals surface area contributed by atoms with Gasteiger partial charge in [-0.3, -0.25) is 4.79 Å². The van der Waals surface area contributed by atoms with Crippen LogP contribution in [0, 0.1) is 12.7 Å². The molecule has 3 aromatic rings. The van der Waals surface area contributed by atoms with E-state index in [1.807, 2.05) is 49.4 Å². The molecule has 1 aliphatic heterocycles. The van der Waals surface area contributed by atoms with E-state index >= 15 is 0 Å². The number of nitrogens with zero attached hydrogens (tertiary/aromatic N) is 2. The Kier molecular flexibility index (Phi) is 5.10. The molecule has 1 aliphatic rings. The van der Waals surface area contributed by atoms with E-state index in [9.17, 15) is 14.3 Å². The number of hydrogen-bond acceptors (Lipinski definition) is 4. The summed E-state index contributed by atoms with van der Waals surface area (Å²) in [5, 5.41) is 17.1. The lowest BCUT2D eigenvalue weighted by atomic mass is 9.94. The second-order valence-electron chi connectivity index (χ2n) is 7.24. The van der Waals surface area contributed by atoms with Gasteiger partial charge in [0.15, 0.2) is 17.3 Å². The van der Waals surface area contributed by atoms with E-state index < -0.39 is 17.4 Å². The van der Waals surface area contributed by atoms with Crippen LogP contribution in [0.4, 0.5) is 4.39 Å². The molecule has 0 radical (unpaired) electrons. The van der Waals surface area contributed by atoms with Crippen molar-refractivity contribution in [3.63, 3.8) is 0 Å². The summed E-state index contributed by atoms with van der Waals surface area (Å²) in [6, 6.07) is 20.6. The van der Waals surface area contributed by atoms with E-state index in [1.54, 1.807) is 12.1 Å². The lowest BCUT2D eigenvalue weighted by Gasteiger charge is -2.31. The van der Waals surface area contributed by atoms with Crippen molar-refractivity contribution >= 4 is 11.6 Å². The molecule has 3 aromatic carbocycles. The van der Waals surface area contributed by atoms with Gasteiger partial charge < -0.3 is 9.84 Å². The van der Waals surface area contributed by atoms with Gasteiger partial charge in [0.05, 0.1) is 12.8 Å². The summed E-state index contributed by atoms with van der Waals surface area (Å²) >= 11 is 0. The monoisotopic (exact) mass is 404 g/mol. The Morgan fingerprint density at radius 1 is 1.10 bits per heavy atom. The van der Waals surface area contributed by atoms with Gasteiger partial charge >= 0.3 is 0 Å². The van der Waals surface area contributed by atoms with Crippen molar-refractivity contribution in [2.45, 2.75) is 19.1 Å². The van der Waals surface area contributed by atoms with Crippen LogP contribution in [0.15, 0.2) is 77.9 Å². The molecule has 0 aliphatic carbocycles. The molecule has 0 spiro atoms. The van der Waals surface area contributed by atoms with Gasteiger partial charge in [-0.15, -0.1) is 0 Å². The van der Waals surface area contributed by atoms with Gasteiger partial charge in [-0.25, -0.2) is 4.39 Å². The van der Waals surface area contributed by atoms with E-state index in [2.05, 4.69) is 5.10 Å². The summed E-state index contributed by atoms with van der Waals surface area (Å²) in [6.07, 6.45) is 0.116. The van der Waals surface area contributed by atoms with Crippen molar-refractivity contribution in [1.29, 1.82) is 0 Å². The molecule has 6 heteroatoms. The van der Waals surface area contributed by atoms with Gasteiger partial charge in [0.2, 0.25) is 0 Å². The maximum Gasteiger partial charge on any atom is 0.277 e.